The van der Waals surface area contributed by atoms with Gasteiger partial charge >= 0.3 is 0 Å². The van der Waals surface area contributed by atoms with Crippen LogP contribution in [0.3, 0.4) is 0 Å². The van der Waals surface area contributed by atoms with Gasteiger partial charge in [-0.3, -0.25) is 4.79 Å². The van der Waals surface area contributed by atoms with Crippen LogP contribution in [0, 0.1) is 0 Å². The number of hydrogen-bond acceptors (Lipinski definition) is 4. The molecule has 0 saturated carbocycles. The van der Waals surface area contributed by atoms with Crippen molar-refractivity contribution in [1.29, 1.82) is 0 Å². The number of hydrogen-bond donors (Lipinski definition) is 1. The van der Waals surface area contributed by atoms with E-state index in [0.717, 1.165) is 6.42 Å². The van der Waals surface area contributed by atoms with Crippen molar-refractivity contribution in [1.82, 2.24) is 0 Å². The summed E-state index contributed by atoms with van der Waals surface area (Å²) in [5, 5.41) is -0.925. The van der Waals surface area contributed by atoms with Crippen LogP contribution in [0.2, 0.25) is 0 Å². The van der Waals surface area contributed by atoms with Crippen LogP contribution in [-0.2, 0) is 14.6 Å². The molecule has 1 amide bonds. The van der Waals surface area contributed by atoms with Gasteiger partial charge in [0.05, 0.1) is 5.75 Å². The molecule has 1 aromatic carbocycles. The molecule has 1 atom stereocenters. The van der Waals surface area contributed by atoms with E-state index in [1.165, 1.54) is 4.90 Å². The Kier molecular flexibility index (Phi) is 4.63. The molecule has 1 aliphatic rings. The van der Waals surface area contributed by atoms with Crippen molar-refractivity contribution in [2.45, 2.75) is 24.5 Å². The molecule has 2 rings (SSSR count). The fourth-order valence-corrected chi connectivity index (χ4v) is 4.44. The second kappa shape index (κ2) is 6.11. The summed E-state index contributed by atoms with van der Waals surface area (Å²) in [7, 11) is -1.74. The average molecular weight is 326 g/mol. The highest BCUT2D eigenvalue weighted by Crippen LogP contribution is 2.23. The van der Waals surface area contributed by atoms with Gasteiger partial charge in [-0.1, -0.05) is 18.6 Å². The number of benzene rings is 1. The van der Waals surface area contributed by atoms with Crippen LogP contribution >= 0.6 is 12.2 Å². The summed E-state index contributed by atoms with van der Waals surface area (Å²) in [5.74, 6) is -0.282. The number of sulfone groups is 1. The molecule has 0 radical (unpaired) electrons. The Bertz CT molecular complexity index is 653. The molecule has 2 N–H and O–H groups in total. The zero-order valence-corrected chi connectivity index (χ0v) is 13.4. The van der Waals surface area contributed by atoms with Crippen molar-refractivity contribution >= 4 is 38.6 Å². The Morgan fingerprint density at radius 3 is 2.43 bits per heavy atom. The van der Waals surface area contributed by atoms with Crippen molar-refractivity contribution in [2.24, 2.45) is 5.73 Å². The van der Waals surface area contributed by atoms with E-state index in [9.17, 15) is 13.2 Å². The number of carbonyl (C=O) groups excluding carboxylic acids is 1. The first kappa shape index (κ1) is 15.9. The van der Waals surface area contributed by atoms with Crippen LogP contribution in [0.1, 0.15) is 24.8 Å². The van der Waals surface area contributed by atoms with E-state index < -0.39 is 15.1 Å². The molecule has 1 unspecified atom stereocenters. The van der Waals surface area contributed by atoms with Crippen molar-refractivity contribution in [3.8, 4) is 0 Å². The number of thiocarbonyl (C=S) groups is 1. The third kappa shape index (κ3) is 3.41. The standard InChI is InChI=1S/C14H18N2O3S2/c1-16(11-7-5-10(6-8-11)13(15)20)14(17)12-4-2-3-9-21(12,18)19/h5-8,12H,2-4,9H2,1H3,(H2,15,20). The highest BCUT2D eigenvalue weighted by molar-refractivity contribution is 7.92. The largest absolute Gasteiger partial charge is 0.389 e. The van der Waals surface area contributed by atoms with E-state index in [0.29, 0.717) is 24.1 Å². The molecule has 5 nitrogen and oxygen atoms in total. The van der Waals surface area contributed by atoms with Crippen LogP contribution in [0.15, 0.2) is 24.3 Å². The first-order chi connectivity index (χ1) is 9.83. The molecular formula is C14H18N2O3S2. The van der Waals surface area contributed by atoms with Crippen LogP contribution in [-0.4, -0.2) is 37.4 Å². The summed E-state index contributed by atoms with van der Waals surface area (Å²) >= 11 is 4.87. The van der Waals surface area contributed by atoms with E-state index in [4.69, 9.17) is 18.0 Å². The third-order valence-electron chi connectivity index (χ3n) is 3.72. The Labute approximate surface area is 130 Å². The Morgan fingerprint density at radius 1 is 1.29 bits per heavy atom. The molecule has 0 aliphatic carbocycles. The smallest absolute Gasteiger partial charge is 0.245 e. The number of amides is 1. The molecule has 7 heteroatoms. The minimum Gasteiger partial charge on any atom is -0.389 e. The fourth-order valence-electron chi connectivity index (χ4n) is 2.42. The molecule has 1 fully saturated rings. The SMILES string of the molecule is CN(C(=O)C1CCCCS1(=O)=O)c1ccc(C(N)=S)cc1. The lowest BCUT2D eigenvalue weighted by atomic mass is 10.1. The van der Waals surface area contributed by atoms with Gasteiger partial charge in [0.1, 0.15) is 10.2 Å². The highest BCUT2D eigenvalue weighted by atomic mass is 32.2. The van der Waals surface area contributed by atoms with Crippen LogP contribution < -0.4 is 10.6 Å². The minimum absolute atomic E-state index is 0.0949. The number of anilines is 1. The van der Waals surface area contributed by atoms with E-state index in [2.05, 4.69) is 0 Å². The van der Waals surface area contributed by atoms with Gasteiger partial charge in [-0.25, -0.2) is 8.42 Å². The van der Waals surface area contributed by atoms with E-state index in [1.807, 2.05) is 0 Å². The van der Waals surface area contributed by atoms with Gasteiger partial charge in [0.25, 0.3) is 0 Å². The van der Waals surface area contributed by atoms with Gasteiger partial charge in [0.15, 0.2) is 9.84 Å². The van der Waals surface area contributed by atoms with Crippen LogP contribution in [0.4, 0.5) is 5.69 Å². The summed E-state index contributed by atoms with van der Waals surface area (Å²) in [4.78, 5) is 14.1. The van der Waals surface area contributed by atoms with Gasteiger partial charge in [0.2, 0.25) is 5.91 Å². The Morgan fingerprint density at radius 2 is 1.90 bits per heavy atom. The van der Waals surface area contributed by atoms with Crippen molar-refractivity contribution in [2.75, 3.05) is 17.7 Å². The van der Waals surface area contributed by atoms with E-state index >= 15 is 0 Å². The molecule has 1 heterocycles. The lowest BCUT2D eigenvalue weighted by molar-refractivity contribution is -0.118. The molecule has 0 aromatic heterocycles. The Balaban J connectivity index is 2.20. The lowest BCUT2D eigenvalue weighted by Crippen LogP contribution is -2.43. The van der Waals surface area contributed by atoms with Gasteiger partial charge in [0, 0.05) is 18.3 Å². The zero-order valence-electron chi connectivity index (χ0n) is 11.8. The predicted molar refractivity (Wildman–Crippen MR) is 87.2 cm³/mol. The van der Waals surface area contributed by atoms with Crippen molar-refractivity contribution in [3.63, 3.8) is 0 Å². The third-order valence-corrected chi connectivity index (χ3v) is 6.12. The number of rotatable bonds is 3. The van der Waals surface area contributed by atoms with E-state index in [1.54, 1.807) is 31.3 Å². The number of carbonyl (C=O) groups is 1. The second-order valence-corrected chi connectivity index (χ2v) is 7.90. The first-order valence-electron chi connectivity index (χ1n) is 6.72. The maximum absolute atomic E-state index is 12.4. The highest BCUT2D eigenvalue weighted by Gasteiger charge is 2.36. The molecule has 0 bridgehead atoms. The summed E-state index contributed by atoms with van der Waals surface area (Å²) in [6.07, 6.45) is 1.80. The van der Waals surface area contributed by atoms with Gasteiger partial charge in [-0.2, -0.15) is 0 Å². The second-order valence-electron chi connectivity index (χ2n) is 5.16. The monoisotopic (exact) mass is 326 g/mol. The van der Waals surface area contributed by atoms with Gasteiger partial charge in [-0.05, 0) is 37.1 Å². The summed E-state index contributed by atoms with van der Waals surface area (Å²) in [6, 6.07) is 6.86. The fraction of sp³-hybridized carbons (Fsp3) is 0.429. The maximum atomic E-state index is 12.4. The zero-order chi connectivity index (χ0) is 15.6. The summed E-state index contributed by atoms with van der Waals surface area (Å²) < 4.78 is 24.0. The first-order valence-corrected chi connectivity index (χ1v) is 8.84. The van der Waals surface area contributed by atoms with Crippen LogP contribution in [0.25, 0.3) is 0 Å². The molecule has 1 aliphatic heterocycles. The number of nitrogens with two attached hydrogens (primary N) is 1. The van der Waals surface area contributed by atoms with Crippen molar-refractivity contribution in [3.05, 3.63) is 29.8 Å². The molecule has 0 spiro atoms. The van der Waals surface area contributed by atoms with Gasteiger partial charge < -0.3 is 10.6 Å². The normalized spacial score (nSPS) is 20.7. The molecular weight excluding hydrogens is 308 g/mol. The number of nitrogens with zero attached hydrogens (tertiary/aromatic N) is 1. The summed E-state index contributed by atoms with van der Waals surface area (Å²) in [6.45, 7) is 0. The van der Waals surface area contributed by atoms with Crippen molar-refractivity contribution < 1.29 is 13.2 Å². The average Bonchev–Trinajstić information content (AvgIpc) is 2.45. The molecule has 1 aromatic rings. The maximum Gasteiger partial charge on any atom is 0.245 e. The van der Waals surface area contributed by atoms with Crippen LogP contribution in [0.5, 0.6) is 0 Å². The molecule has 21 heavy (non-hydrogen) atoms. The topological polar surface area (TPSA) is 80.5 Å². The molecule has 114 valence electrons. The van der Waals surface area contributed by atoms with E-state index in [-0.39, 0.29) is 16.6 Å². The predicted octanol–water partition coefficient (Wildman–Crippen LogP) is 1.25. The Hall–Kier alpha value is -1.47. The van der Waals surface area contributed by atoms with Gasteiger partial charge in [-0.15, -0.1) is 0 Å². The minimum atomic E-state index is -3.33. The summed E-state index contributed by atoms with van der Waals surface area (Å²) in [5.41, 5.74) is 6.86. The quantitative estimate of drug-likeness (QED) is 0.846. The lowest BCUT2D eigenvalue weighted by Gasteiger charge is -2.26. The molecule has 1 saturated heterocycles.